The van der Waals surface area contributed by atoms with E-state index in [0.29, 0.717) is 45.4 Å². The number of aryl methyl sites for hydroxylation is 1. The Hall–Kier alpha value is -4.20. The SMILES string of the molecule is [C-]#[N+]CC1CN(c2nc(OCC3(CN(C)C)CC3)nc3c2CCN(c2cccc4cccc(C)c24)C3)CCN1C(=O)/C=C/COC. The van der Waals surface area contributed by atoms with E-state index in [-0.39, 0.29) is 23.9 Å². The topological polar surface area (TPSA) is 78.6 Å². The van der Waals surface area contributed by atoms with Crippen LogP contribution in [0, 0.1) is 18.9 Å². The summed E-state index contributed by atoms with van der Waals surface area (Å²) in [6.07, 6.45) is 6.36. The van der Waals surface area contributed by atoms with Gasteiger partial charge in [-0.2, -0.15) is 9.97 Å². The summed E-state index contributed by atoms with van der Waals surface area (Å²) >= 11 is 0. The number of carbonyl (C=O) groups excluding carboxylic acids is 1. The smallest absolute Gasteiger partial charge is 0.318 e. The van der Waals surface area contributed by atoms with E-state index in [9.17, 15) is 4.79 Å². The minimum atomic E-state index is -0.241. The number of hydrogen-bond acceptors (Lipinski definition) is 8. The van der Waals surface area contributed by atoms with Gasteiger partial charge in [-0.25, -0.2) is 6.57 Å². The van der Waals surface area contributed by atoms with E-state index in [4.69, 9.17) is 26.0 Å². The summed E-state index contributed by atoms with van der Waals surface area (Å²) in [5.74, 6) is 0.791. The van der Waals surface area contributed by atoms with Crippen molar-refractivity contribution in [3.63, 3.8) is 0 Å². The minimum absolute atomic E-state index is 0.0873. The lowest BCUT2D eigenvalue weighted by atomic mass is 9.99. The van der Waals surface area contributed by atoms with Crippen molar-refractivity contribution in [2.45, 2.75) is 38.8 Å². The zero-order valence-electron chi connectivity index (χ0n) is 27.5. The molecule has 1 unspecified atom stereocenters. The van der Waals surface area contributed by atoms with E-state index in [1.54, 1.807) is 19.3 Å². The van der Waals surface area contributed by atoms with Gasteiger partial charge in [0.2, 0.25) is 12.5 Å². The van der Waals surface area contributed by atoms with Gasteiger partial charge in [-0.15, -0.1) is 0 Å². The molecule has 46 heavy (non-hydrogen) atoms. The van der Waals surface area contributed by atoms with Crippen molar-refractivity contribution < 1.29 is 14.3 Å². The predicted octanol–water partition coefficient (Wildman–Crippen LogP) is 4.36. The molecular formula is C36H45N7O3. The molecule has 2 fully saturated rings. The molecule has 242 valence electrons. The Labute approximate surface area is 272 Å². The summed E-state index contributed by atoms with van der Waals surface area (Å²) in [7, 11) is 5.81. The number of rotatable bonds is 11. The number of hydrogen-bond donors (Lipinski definition) is 0. The van der Waals surface area contributed by atoms with Crippen LogP contribution >= 0.6 is 0 Å². The number of anilines is 2. The lowest BCUT2D eigenvalue weighted by Gasteiger charge is -2.41. The van der Waals surface area contributed by atoms with Crippen LogP contribution < -0.4 is 14.5 Å². The monoisotopic (exact) mass is 623 g/mol. The van der Waals surface area contributed by atoms with Gasteiger partial charge in [-0.3, -0.25) is 4.79 Å². The molecule has 3 aromatic rings. The quantitative estimate of drug-likeness (QED) is 0.230. The summed E-state index contributed by atoms with van der Waals surface area (Å²) in [6.45, 7) is 15.1. The zero-order chi connectivity index (χ0) is 32.3. The van der Waals surface area contributed by atoms with Crippen LogP contribution in [0.4, 0.5) is 11.5 Å². The highest BCUT2D eigenvalue weighted by molar-refractivity contribution is 5.97. The lowest BCUT2D eigenvalue weighted by Crippen LogP contribution is -2.56. The standard InChI is InChI=1S/C36H45N7O3/c1-26-9-6-10-27-11-7-12-31(33(26)27)41-17-14-29-30(23-41)38-35(46-25-36(15-16-36)24-40(3)4)39-34(29)42-18-19-43(28(22-42)21-37-2)32(44)13-8-20-45-5/h6-13,28H,14-25H2,1,3-5H3/b13-8+. The van der Waals surface area contributed by atoms with Gasteiger partial charge in [0, 0.05) is 68.0 Å². The molecule has 1 amide bonds. The molecule has 3 heterocycles. The summed E-state index contributed by atoms with van der Waals surface area (Å²) < 4.78 is 11.5. The summed E-state index contributed by atoms with van der Waals surface area (Å²) in [5.41, 5.74) is 4.75. The molecule has 0 radical (unpaired) electrons. The second-order valence-corrected chi connectivity index (χ2v) is 13.2. The third kappa shape index (κ3) is 6.81. The molecule has 0 bridgehead atoms. The molecule has 0 N–H and O–H groups in total. The van der Waals surface area contributed by atoms with E-state index < -0.39 is 0 Å². The second-order valence-electron chi connectivity index (χ2n) is 13.2. The largest absolute Gasteiger partial charge is 0.463 e. The van der Waals surface area contributed by atoms with Gasteiger partial charge in [-0.05, 0) is 57.3 Å². The third-order valence-corrected chi connectivity index (χ3v) is 9.46. The van der Waals surface area contributed by atoms with Gasteiger partial charge >= 0.3 is 6.01 Å². The maximum atomic E-state index is 13.0. The van der Waals surface area contributed by atoms with Crippen molar-refractivity contribution in [1.82, 2.24) is 19.8 Å². The maximum absolute atomic E-state index is 13.0. The van der Waals surface area contributed by atoms with E-state index >= 15 is 0 Å². The fraction of sp³-hybridized carbons (Fsp3) is 0.500. The number of ether oxygens (including phenoxy) is 2. The van der Waals surface area contributed by atoms with Crippen molar-refractivity contribution >= 4 is 28.2 Å². The molecule has 2 aliphatic heterocycles. The zero-order valence-corrected chi connectivity index (χ0v) is 27.5. The molecule has 1 saturated heterocycles. The third-order valence-electron chi connectivity index (χ3n) is 9.46. The first-order valence-electron chi connectivity index (χ1n) is 16.3. The van der Waals surface area contributed by atoms with Crippen LogP contribution in [-0.4, -0.2) is 105 Å². The Bertz CT molecular complexity index is 1640. The first kappa shape index (κ1) is 31.8. The summed E-state index contributed by atoms with van der Waals surface area (Å²) in [6, 6.07) is 13.2. The number of nitrogens with zero attached hydrogens (tertiary/aromatic N) is 7. The number of fused-ring (bicyclic) bond motifs is 2. The summed E-state index contributed by atoms with van der Waals surface area (Å²) in [5, 5.41) is 2.52. The first-order chi connectivity index (χ1) is 22.3. The maximum Gasteiger partial charge on any atom is 0.318 e. The second kappa shape index (κ2) is 13.7. The number of piperazine rings is 1. The fourth-order valence-corrected chi connectivity index (χ4v) is 7.04. The number of benzene rings is 2. The molecule has 10 nitrogen and oxygen atoms in total. The van der Waals surface area contributed by atoms with Crippen LogP contribution in [0.1, 0.15) is 29.7 Å². The highest BCUT2D eigenvalue weighted by atomic mass is 16.5. The van der Waals surface area contributed by atoms with Gasteiger partial charge in [0.25, 0.3) is 0 Å². The lowest BCUT2D eigenvalue weighted by molar-refractivity contribution is -0.128. The molecule has 1 saturated carbocycles. The molecule has 1 aliphatic carbocycles. The Kier molecular flexibility index (Phi) is 9.43. The van der Waals surface area contributed by atoms with E-state index in [0.717, 1.165) is 49.4 Å². The van der Waals surface area contributed by atoms with Crippen molar-refractivity contribution in [2.75, 3.05) is 83.5 Å². The van der Waals surface area contributed by atoms with Crippen LogP contribution in [0.3, 0.4) is 0 Å². The fourth-order valence-electron chi connectivity index (χ4n) is 7.04. The van der Waals surface area contributed by atoms with Gasteiger partial charge < -0.3 is 33.9 Å². The molecule has 1 atom stereocenters. The molecule has 2 aromatic carbocycles. The van der Waals surface area contributed by atoms with E-state index in [1.807, 2.05) is 4.90 Å². The number of amides is 1. The molecule has 6 rings (SSSR count). The van der Waals surface area contributed by atoms with Crippen LogP contribution in [0.5, 0.6) is 6.01 Å². The van der Waals surface area contributed by atoms with Crippen LogP contribution in [-0.2, 0) is 22.5 Å². The summed E-state index contributed by atoms with van der Waals surface area (Å²) in [4.78, 5) is 35.6. The number of aromatic nitrogens is 2. The van der Waals surface area contributed by atoms with Crippen LogP contribution in [0.25, 0.3) is 15.6 Å². The van der Waals surface area contributed by atoms with Crippen LogP contribution in [0.15, 0.2) is 48.6 Å². The average Bonchev–Trinajstić information content (AvgIpc) is 3.81. The van der Waals surface area contributed by atoms with Crippen molar-refractivity contribution in [3.8, 4) is 6.01 Å². The average molecular weight is 624 g/mol. The van der Waals surface area contributed by atoms with Gasteiger partial charge in [0.15, 0.2) is 0 Å². The number of carbonyl (C=O) groups is 1. The molecular weight excluding hydrogens is 578 g/mol. The van der Waals surface area contributed by atoms with Crippen LogP contribution in [0.2, 0.25) is 0 Å². The van der Waals surface area contributed by atoms with E-state index in [2.05, 4.69) is 77.0 Å². The first-order valence-corrected chi connectivity index (χ1v) is 16.3. The van der Waals surface area contributed by atoms with Crippen molar-refractivity contribution in [2.24, 2.45) is 5.41 Å². The Morgan fingerprint density at radius 1 is 1.13 bits per heavy atom. The van der Waals surface area contributed by atoms with Gasteiger partial charge in [-0.1, -0.05) is 36.4 Å². The number of methoxy groups -OCH3 is 1. The minimum Gasteiger partial charge on any atom is -0.463 e. The van der Waals surface area contributed by atoms with Gasteiger partial charge in [0.1, 0.15) is 11.9 Å². The highest BCUT2D eigenvalue weighted by Gasteiger charge is 2.44. The molecule has 0 spiro atoms. The Balaban J connectivity index is 1.31. The molecule has 1 aromatic heterocycles. The van der Waals surface area contributed by atoms with Gasteiger partial charge in [0.05, 0.1) is 25.5 Å². The van der Waals surface area contributed by atoms with Crippen molar-refractivity contribution in [1.29, 1.82) is 0 Å². The molecule has 10 heteroatoms. The predicted molar refractivity (Wildman–Crippen MR) is 181 cm³/mol. The van der Waals surface area contributed by atoms with E-state index in [1.165, 1.54) is 22.0 Å². The highest BCUT2D eigenvalue weighted by Crippen LogP contribution is 2.46. The molecule has 3 aliphatic rings. The Morgan fingerprint density at radius 2 is 1.93 bits per heavy atom. The van der Waals surface area contributed by atoms with Crippen molar-refractivity contribution in [3.05, 3.63) is 76.8 Å². The Morgan fingerprint density at radius 3 is 2.67 bits per heavy atom. The normalized spacial score (nSPS) is 19.0.